The molecule has 0 radical (unpaired) electrons. The van der Waals surface area contributed by atoms with Crippen LogP contribution >= 0.6 is 0 Å². The first-order valence-corrected chi connectivity index (χ1v) is 12.0. The van der Waals surface area contributed by atoms with Gasteiger partial charge in [-0.05, 0) is 30.5 Å². The summed E-state index contributed by atoms with van der Waals surface area (Å²) in [4.78, 5) is 24.0. The van der Waals surface area contributed by atoms with Gasteiger partial charge in [0.15, 0.2) is 0 Å². The second-order valence-corrected chi connectivity index (χ2v) is 8.63. The van der Waals surface area contributed by atoms with Crippen LogP contribution in [-0.4, -0.2) is 35.2 Å². The Morgan fingerprint density at radius 3 is 1.53 bits per heavy atom. The Balaban J connectivity index is 2.40. The maximum atomic E-state index is 11.2. The van der Waals surface area contributed by atoms with Crippen LogP contribution in [0, 0.1) is 0 Å². The quantitative estimate of drug-likeness (QED) is 0.185. The Labute approximate surface area is 193 Å². The van der Waals surface area contributed by atoms with Crippen molar-refractivity contribution in [2.75, 3.05) is 18.0 Å². The van der Waals surface area contributed by atoms with Crippen LogP contribution in [0.4, 0.5) is 5.69 Å². The van der Waals surface area contributed by atoms with Crippen LogP contribution in [0.5, 0.6) is 0 Å². The number of unbranched alkanes of at least 4 members (excludes halogenated alkanes) is 10. The number of nitrogens with zero attached hydrogens (tertiary/aromatic N) is 1. The minimum Gasteiger partial charge on any atom is -0.478 e. The number of hydrogen-bond acceptors (Lipinski definition) is 3. The van der Waals surface area contributed by atoms with Gasteiger partial charge in [-0.2, -0.15) is 0 Å². The van der Waals surface area contributed by atoms with Gasteiger partial charge in [-0.25, -0.2) is 9.59 Å². The van der Waals surface area contributed by atoms with Gasteiger partial charge in [-0.15, -0.1) is 0 Å². The highest BCUT2D eigenvalue weighted by Crippen LogP contribution is 2.20. The Morgan fingerprint density at radius 2 is 1.12 bits per heavy atom. The van der Waals surface area contributed by atoms with Crippen LogP contribution in [-0.2, 0) is 16.0 Å². The number of aryl methyl sites for hydroxylation is 1. The van der Waals surface area contributed by atoms with Gasteiger partial charge in [-0.3, -0.25) is 0 Å². The van der Waals surface area contributed by atoms with Crippen molar-refractivity contribution in [2.45, 2.75) is 84.0 Å². The highest BCUT2D eigenvalue weighted by molar-refractivity contribution is 5.88. The molecule has 1 rings (SSSR count). The molecular weight excluding hydrogens is 402 g/mol. The third kappa shape index (κ3) is 11.7. The topological polar surface area (TPSA) is 77.8 Å². The molecule has 0 bridgehead atoms. The third-order valence-electron chi connectivity index (χ3n) is 5.74. The molecule has 0 amide bonds. The van der Waals surface area contributed by atoms with E-state index in [4.69, 9.17) is 10.2 Å². The minimum atomic E-state index is -1.09. The van der Waals surface area contributed by atoms with Crippen molar-refractivity contribution in [1.82, 2.24) is 0 Å². The zero-order chi connectivity index (χ0) is 23.8. The molecule has 0 fully saturated rings. The molecule has 32 heavy (non-hydrogen) atoms. The zero-order valence-corrected chi connectivity index (χ0v) is 19.8. The van der Waals surface area contributed by atoms with Crippen LogP contribution < -0.4 is 4.90 Å². The van der Waals surface area contributed by atoms with Gasteiger partial charge < -0.3 is 15.1 Å². The van der Waals surface area contributed by atoms with Gasteiger partial charge in [0.2, 0.25) is 0 Å². The maximum absolute atomic E-state index is 11.2. The molecule has 0 saturated heterocycles. The van der Waals surface area contributed by atoms with E-state index in [0.717, 1.165) is 18.5 Å². The number of carbonyl (C=O) groups is 2. The molecule has 0 aromatic heterocycles. The molecule has 0 saturated carbocycles. The molecule has 0 unspecified atom stereocenters. The van der Waals surface area contributed by atoms with Gasteiger partial charge in [0.1, 0.15) is 0 Å². The van der Waals surface area contributed by atoms with Crippen LogP contribution in [0.15, 0.2) is 48.6 Å². The van der Waals surface area contributed by atoms with Crippen molar-refractivity contribution < 1.29 is 19.8 Å². The molecule has 0 atom stereocenters. The number of carboxylic acid groups (broad SMARTS) is 2. The maximum Gasteiger partial charge on any atom is 0.332 e. The van der Waals surface area contributed by atoms with Crippen molar-refractivity contribution in [3.05, 3.63) is 54.1 Å². The second kappa shape index (κ2) is 16.1. The van der Waals surface area contributed by atoms with E-state index in [0.29, 0.717) is 0 Å². The molecule has 1 aromatic rings. The first kappa shape index (κ1) is 27.5. The predicted molar refractivity (Wildman–Crippen MR) is 132 cm³/mol. The molecule has 5 heteroatoms. The number of anilines is 1. The summed E-state index contributed by atoms with van der Waals surface area (Å²) in [5, 5.41) is 18.3. The van der Waals surface area contributed by atoms with E-state index in [1.54, 1.807) is 4.90 Å². The van der Waals surface area contributed by atoms with Crippen LogP contribution in [0.3, 0.4) is 0 Å². The first-order valence-electron chi connectivity index (χ1n) is 12.0. The summed E-state index contributed by atoms with van der Waals surface area (Å²) < 4.78 is 0. The molecular formula is C27H41NO4. The van der Waals surface area contributed by atoms with E-state index < -0.39 is 11.9 Å². The lowest BCUT2D eigenvalue weighted by molar-refractivity contribution is -0.133. The largest absolute Gasteiger partial charge is 0.478 e. The van der Waals surface area contributed by atoms with Gasteiger partial charge in [-0.1, -0.05) is 96.4 Å². The van der Waals surface area contributed by atoms with Gasteiger partial charge in [0.25, 0.3) is 0 Å². The Kier molecular flexibility index (Phi) is 13.8. The summed E-state index contributed by atoms with van der Waals surface area (Å²) in [6, 6.07) is 7.90. The van der Waals surface area contributed by atoms with E-state index in [1.807, 2.05) is 24.3 Å². The summed E-state index contributed by atoms with van der Waals surface area (Å²) in [5.41, 5.74) is 2.01. The molecule has 0 heterocycles. The van der Waals surface area contributed by atoms with Gasteiger partial charge in [0.05, 0.1) is 0 Å². The molecule has 2 N–H and O–H groups in total. The van der Waals surface area contributed by atoms with Crippen LogP contribution in [0.25, 0.3) is 0 Å². The fourth-order valence-electron chi connectivity index (χ4n) is 3.70. The lowest BCUT2D eigenvalue weighted by Crippen LogP contribution is -2.31. The summed E-state index contributed by atoms with van der Waals surface area (Å²) >= 11 is 0. The SMILES string of the molecule is C=C(CN(CC(=C)C(=O)O)c1ccc(CCCCCCCCCCCCC)cc1)C(=O)O. The summed E-state index contributed by atoms with van der Waals surface area (Å²) in [6.45, 7) is 9.46. The molecule has 1 aromatic carbocycles. The molecule has 0 aliphatic heterocycles. The Morgan fingerprint density at radius 1 is 0.719 bits per heavy atom. The highest BCUT2D eigenvalue weighted by atomic mass is 16.4. The number of benzene rings is 1. The van der Waals surface area contributed by atoms with E-state index in [9.17, 15) is 9.59 Å². The van der Waals surface area contributed by atoms with E-state index in [-0.39, 0.29) is 24.2 Å². The van der Waals surface area contributed by atoms with Crippen molar-refractivity contribution in [2.24, 2.45) is 0 Å². The number of carboxylic acids is 2. The highest BCUT2D eigenvalue weighted by Gasteiger charge is 2.16. The normalized spacial score (nSPS) is 10.7. The summed E-state index contributed by atoms with van der Waals surface area (Å²) in [6.07, 6.45) is 15.6. The van der Waals surface area contributed by atoms with E-state index >= 15 is 0 Å². The first-order chi connectivity index (χ1) is 15.3. The fourth-order valence-corrected chi connectivity index (χ4v) is 3.70. The minimum absolute atomic E-state index is 0.00762. The fraction of sp³-hybridized carbons (Fsp3) is 0.556. The van der Waals surface area contributed by atoms with Crippen LogP contribution in [0.2, 0.25) is 0 Å². The number of aliphatic carboxylic acids is 2. The van der Waals surface area contributed by atoms with Crippen molar-refractivity contribution in [3.8, 4) is 0 Å². The molecule has 0 aliphatic rings. The van der Waals surface area contributed by atoms with Crippen molar-refractivity contribution in [1.29, 1.82) is 0 Å². The van der Waals surface area contributed by atoms with Gasteiger partial charge in [0, 0.05) is 29.9 Å². The smallest absolute Gasteiger partial charge is 0.332 e. The van der Waals surface area contributed by atoms with Crippen molar-refractivity contribution in [3.63, 3.8) is 0 Å². The van der Waals surface area contributed by atoms with Gasteiger partial charge >= 0.3 is 11.9 Å². The number of rotatable bonds is 19. The van der Waals surface area contributed by atoms with E-state index in [2.05, 4.69) is 20.1 Å². The van der Waals surface area contributed by atoms with E-state index in [1.165, 1.54) is 69.8 Å². The number of hydrogen-bond donors (Lipinski definition) is 2. The zero-order valence-electron chi connectivity index (χ0n) is 19.8. The third-order valence-corrected chi connectivity index (χ3v) is 5.74. The lowest BCUT2D eigenvalue weighted by atomic mass is 10.0. The summed E-state index contributed by atoms with van der Waals surface area (Å²) in [7, 11) is 0. The molecule has 0 aliphatic carbocycles. The average molecular weight is 444 g/mol. The Hall–Kier alpha value is -2.56. The molecule has 0 spiro atoms. The molecule has 5 nitrogen and oxygen atoms in total. The predicted octanol–water partition coefficient (Wildman–Crippen LogP) is 6.63. The van der Waals surface area contributed by atoms with Crippen molar-refractivity contribution >= 4 is 17.6 Å². The average Bonchev–Trinajstić information content (AvgIpc) is 2.77. The van der Waals surface area contributed by atoms with Crippen LogP contribution in [0.1, 0.15) is 83.1 Å². The second-order valence-electron chi connectivity index (χ2n) is 8.63. The monoisotopic (exact) mass is 443 g/mol. The summed E-state index contributed by atoms with van der Waals surface area (Å²) in [5.74, 6) is -2.19. The Bertz CT molecular complexity index is 696. The molecule has 178 valence electrons. The standard InChI is InChI=1S/C27H41NO4/c1-4-5-6-7-8-9-10-11-12-13-14-15-24-16-18-25(19-17-24)28(20-22(2)26(29)30)21-23(3)27(31)32/h16-19H,2-15,20-21H2,1H3,(H,29,30)(H,31,32). The lowest BCUT2D eigenvalue weighted by Gasteiger charge is -2.25.